The third-order valence-electron chi connectivity index (χ3n) is 5.30. The summed E-state index contributed by atoms with van der Waals surface area (Å²) in [4.78, 5) is 52.0. The Bertz CT molecular complexity index is 1500. The molecule has 3 aromatic carbocycles. The lowest BCUT2D eigenvalue weighted by Gasteiger charge is -2.16. The van der Waals surface area contributed by atoms with Gasteiger partial charge in [0, 0.05) is 11.3 Å². The molecule has 3 aromatic rings. The van der Waals surface area contributed by atoms with E-state index in [-0.39, 0.29) is 43.7 Å². The Kier molecular flexibility index (Phi) is 8.06. The number of rotatable bonds is 7. The zero-order chi connectivity index (χ0) is 27.6. The highest BCUT2D eigenvalue weighted by Gasteiger charge is 2.39. The lowest BCUT2D eigenvalue weighted by atomic mass is 10.1. The first kappa shape index (κ1) is 27.2. The molecule has 8 nitrogen and oxygen atoms in total. The number of amides is 3. The summed E-state index contributed by atoms with van der Waals surface area (Å²) >= 11 is 18.4. The van der Waals surface area contributed by atoms with Crippen LogP contribution in [0.15, 0.2) is 77.5 Å². The van der Waals surface area contributed by atoms with Crippen LogP contribution in [-0.2, 0) is 14.3 Å². The first-order valence-electron chi connectivity index (χ1n) is 11.3. The van der Waals surface area contributed by atoms with Crippen LogP contribution in [0.4, 0.5) is 17.1 Å². The normalized spacial score (nSPS) is 13.3. The molecule has 0 saturated heterocycles. The molecule has 0 radical (unpaired) electrons. The molecule has 0 aromatic heterocycles. The van der Waals surface area contributed by atoms with Gasteiger partial charge in [0.2, 0.25) is 0 Å². The van der Waals surface area contributed by atoms with Crippen LogP contribution in [0.25, 0.3) is 0 Å². The van der Waals surface area contributed by atoms with Crippen LogP contribution in [0.5, 0.6) is 0 Å². The Morgan fingerprint density at radius 3 is 2.29 bits per heavy atom. The molecule has 4 rings (SSSR count). The molecule has 1 aliphatic heterocycles. The van der Waals surface area contributed by atoms with Crippen LogP contribution in [0, 0.1) is 0 Å². The summed E-state index contributed by atoms with van der Waals surface area (Å²) in [6.45, 7) is 3.42. The topological polar surface area (TPSA) is 105 Å². The second-order valence-corrected chi connectivity index (χ2v) is 9.56. The van der Waals surface area contributed by atoms with Gasteiger partial charge in [0.15, 0.2) is 0 Å². The summed E-state index contributed by atoms with van der Waals surface area (Å²) in [6, 6.07) is 17.0. The van der Waals surface area contributed by atoms with E-state index in [2.05, 4.69) is 10.6 Å². The molecule has 38 heavy (non-hydrogen) atoms. The summed E-state index contributed by atoms with van der Waals surface area (Å²) in [5.41, 5.74) is 1.06. The third kappa shape index (κ3) is 5.67. The summed E-state index contributed by atoms with van der Waals surface area (Å²) in [6.07, 6.45) is -0.339. The van der Waals surface area contributed by atoms with Crippen LogP contribution in [0.3, 0.4) is 0 Å². The Labute approximate surface area is 233 Å². The number of hydrogen-bond acceptors (Lipinski definition) is 6. The third-order valence-corrected chi connectivity index (χ3v) is 6.47. The molecule has 0 bridgehead atoms. The van der Waals surface area contributed by atoms with Gasteiger partial charge < -0.3 is 15.4 Å². The maximum absolute atomic E-state index is 13.2. The molecule has 1 heterocycles. The van der Waals surface area contributed by atoms with E-state index >= 15 is 0 Å². The number of anilines is 3. The number of imide groups is 1. The molecule has 0 fully saturated rings. The van der Waals surface area contributed by atoms with E-state index < -0.39 is 23.7 Å². The number of nitrogens with zero attached hydrogens (tertiary/aromatic N) is 1. The first-order chi connectivity index (χ1) is 18.1. The number of benzene rings is 3. The zero-order valence-electron chi connectivity index (χ0n) is 20.1. The summed E-state index contributed by atoms with van der Waals surface area (Å²) in [7, 11) is 0. The summed E-state index contributed by atoms with van der Waals surface area (Å²) < 4.78 is 5.19. The minimum atomic E-state index is -0.766. The van der Waals surface area contributed by atoms with Crippen molar-refractivity contribution in [1.29, 1.82) is 0 Å². The Morgan fingerprint density at radius 1 is 0.868 bits per heavy atom. The van der Waals surface area contributed by atoms with Gasteiger partial charge in [-0.3, -0.25) is 14.4 Å². The van der Waals surface area contributed by atoms with Crippen molar-refractivity contribution in [3.8, 4) is 0 Å². The number of hydrogen-bond donors (Lipinski definition) is 2. The van der Waals surface area contributed by atoms with Gasteiger partial charge >= 0.3 is 5.97 Å². The van der Waals surface area contributed by atoms with E-state index in [0.29, 0.717) is 11.4 Å². The highest BCUT2D eigenvalue weighted by Crippen LogP contribution is 2.32. The molecule has 0 spiro atoms. The SMILES string of the molecule is CC(C)OC(=O)c1cccc(N2C(=O)C(Cl)=C(Nc3cccc(C(=O)Nc4cccc(Cl)c4Cl)c3)C2=O)c1. The van der Waals surface area contributed by atoms with Crippen molar-refractivity contribution in [2.75, 3.05) is 15.5 Å². The number of carbonyl (C=O) groups is 4. The van der Waals surface area contributed by atoms with E-state index in [0.717, 1.165) is 4.90 Å². The maximum atomic E-state index is 13.2. The van der Waals surface area contributed by atoms with Crippen LogP contribution in [0.1, 0.15) is 34.6 Å². The summed E-state index contributed by atoms with van der Waals surface area (Å²) in [5, 5.41) is 5.66. The molecular weight excluding hydrogens is 553 g/mol. The molecule has 1 aliphatic rings. The Hall–Kier alpha value is -3.85. The van der Waals surface area contributed by atoms with Crippen LogP contribution in [0.2, 0.25) is 10.0 Å². The van der Waals surface area contributed by atoms with Gasteiger partial charge in [-0.05, 0) is 62.4 Å². The molecule has 194 valence electrons. The minimum Gasteiger partial charge on any atom is -0.459 e. The van der Waals surface area contributed by atoms with Gasteiger partial charge in [-0.25, -0.2) is 9.69 Å². The van der Waals surface area contributed by atoms with E-state index in [1.54, 1.807) is 50.2 Å². The second kappa shape index (κ2) is 11.3. The Balaban J connectivity index is 1.54. The van der Waals surface area contributed by atoms with Gasteiger partial charge in [-0.15, -0.1) is 0 Å². The molecule has 0 saturated carbocycles. The number of esters is 1. The minimum absolute atomic E-state index is 0.152. The lowest BCUT2D eigenvalue weighted by Crippen LogP contribution is -2.32. The molecule has 11 heteroatoms. The predicted octanol–water partition coefficient (Wildman–Crippen LogP) is 6.25. The summed E-state index contributed by atoms with van der Waals surface area (Å²) in [5.74, 6) is -2.56. The molecule has 3 amide bonds. The van der Waals surface area contributed by atoms with Crippen LogP contribution >= 0.6 is 34.8 Å². The Morgan fingerprint density at radius 2 is 1.55 bits per heavy atom. The molecule has 0 aliphatic carbocycles. The van der Waals surface area contributed by atoms with E-state index in [9.17, 15) is 19.2 Å². The van der Waals surface area contributed by atoms with Crippen molar-refractivity contribution in [2.45, 2.75) is 20.0 Å². The number of carbonyl (C=O) groups excluding carboxylic acids is 4. The van der Waals surface area contributed by atoms with Crippen molar-refractivity contribution in [1.82, 2.24) is 0 Å². The quantitative estimate of drug-likeness (QED) is 0.256. The fourth-order valence-electron chi connectivity index (χ4n) is 3.58. The maximum Gasteiger partial charge on any atom is 0.338 e. The molecular formula is C27H20Cl3N3O5. The average molecular weight is 573 g/mol. The number of ether oxygens (including phenoxy) is 1. The van der Waals surface area contributed by atoms with Crippen molar-refractivity contribution >= 4 is 75.6 Å². The van der Waals surface area contributed by atoms with Crippen LogP contribution < -0.4 is 15.5 Å². The van der Waals surface area contributed by atoms with Crippen molar-refractivity contribution in [2.24, 2.45) is 0 Å². The predicted molar refractivity (Wildman–Crippen MR) is 147 cm³/mol. The van der Waals surface area contributed by atoms with Gasteiger partial charge in [-0.2, -0.15) is 0 Å². The highest BCUT2D eigenvalue weighted by atomic mass is 35.5. The van der Waals surface area contributed by atoms with Gasteiger partial charge in [0.25, 0.3) is 17.7 Å². The average Bonchev–Trinajstić information content (AvgIpc) is 3.09. The van der Waals surface area contributed by atoms with E-state index in [1.165, 1.54) is 30.3 Å². The van der Waals surface area contributed by atoms with Crippen molar-refractivity contribution < 1.29 is 23.9 Å². The van der Waals surface area contributed by atoms with Crippen molar-refractivity contribution in [3.63, 3.8) is 0 Å². The fraction of sp³-hybridized carbons (Fsp3) is 0.111. The van der Waals surface area contributed by atoms with Gasteiger partial charge in [-0.1, -0.05) is 53.0 Å². The molecule has 0 atom stereocenters. The number of halogens is 3. The lowest BCUT2D eigenvalue weighted by molar-refractivity contribution is -0.120. The van der Waals surface area contributed by atoms with Gasteiger partial charge in [0.05, 0.1) is 33.1 Å². The van der Waals surface area contributed by atoms with Crippen molar-refractivity contribution in [3.05, 3.63) is 98.6 Å². The fourth-order valence-corrected chi connectivity index (χ4v) is 4.14. The van der Waals surface area contributed by atoms with Gasteiger partial charge in [0.1, 0.15) is 10.7 Å². The highest BCUT2D eigenvalue weighted by molar-refractivity contribution is 6.53. The monoisotopic (exact) mass is 571 g/mol. The smallest absolute Gasteiger partial charge is 0.338 e. The molecule has 2 N–H and O–H groups in total. The largest absolute Gasteiger partial charge is 0.459 e. The zero-order valence-corrected chi connectivity index (χ0v) is 22.3. The van der Waals surface area contributed by atoms with E-state index in [4.69, 9.17) is 39.5 Å². The first-order valence-corrected chi connectivity index (χ1v) is 12.4. The molecule has 0 unspecified atom stereocenters. The standard InChI is InChI=1S/C27H20Cl3N3O5/c1-14(2)38-27(37)16-7-4-9-18(13-16)33-25(35)22(30)23(26(33)36)31-17-8-3-6-15(12-17)24(34)32-20-11-5-10-19(28)21(20)29/h3-14,31H,1-2H3,(H,32,34). The van der Waals surface area contributed by atoms with E-state index in [1.807, 2.05) is 0 Å². The number of nitrogens with one attached hydrogen (secondary N) is 2. The van der Waals surface area contributed by atoms with Crippen LogP contribution in [-0.4, -0.2) is 29.8 Å². The second-order valence-electron chi connectivity index (χ2n) is 8.40.